The molecule has 0 radical (unpaired) electrons. The Balaban J connectivity index is 2.42. The molecule has 0 aromatic rings. The Morgan fingerprint density at radius 1 is 1.69 bits per heavy atom. The fourth-order valence-corrected chi connectivity index (χ4v) is 1.57. The molecule has 1 fully saturated rings. The van der Waals surface area contributed by atoms with Gasteiger partial charge in [-0.15, -0.1) is 0 Å². The van der Waals surface area contributed by atoms with Gasteiger partial charge in [-0.2, -0.15) is 0 Å². The van der Waals surface area contributed by atoms with Gasteiger partial charge >= 0.3 is 0 Å². The summed E-state index contributed by atoms with van der Waals surface area (Å²) in [5.74, 6) is -0.191. The second kappa shape index (κ2) is 5.16. The van der Waals surface area contributed by atoms with E-state index in [1.807, 2.05) is 13.8 Å². The highest BCUT2D eigenvalue weighted by Crippen LogP contribution is 2.45. The predicted octanol–water partition coefficient (Wildman–Crippen LogP) is 0.0542. The van der Waals surface area contributed by atoms with Gasteiger partial charge in [-0.25, -0.2) is 0 Å². The molecule has 6 heteroatoms. The average Bonchev–Trinajstić information content (AvgIpc) is 3.06. The molecule has 6 nitrogen and oxygen atoms in total. The molecule has 1 aliphatic rings. The van der Waals surface area contributed by atoms with Crippen molar-refractivity contribution < 1.29 is 14.7 Å². The third kappa shape index (κ3) is 2.63. The summed E-state index contributed by atoms with van der Waals surface area (Å²) < 4.78 is 5.29. The van der Waals surface area contributed by atoms with E-state index in [1.54, 1.807) is 0 Å². The zero-order valence-electron chi connectivity index (χ0n) is 9.69. The lowest BCUT2D eigenvalue weighted by molar-refractivity contribution is -0.124. The van der Waals surface area contributed by atoms with E-state index in [-0.39, 0.29) is 17.8 Å². The summed E-state index contributed by atoms with van der Waals surface area (Å²) in [5, 5.41) is 14.2. The van der Waals surface area contributed by atoms with Crippen molar-refractivity contribution in [2.45, 2.75) is 32.8 Å². The van der Waals surface area contributed by atoms with E-state index in [2.05, 4.69) is 10.5 Å². The first kappa shape index (κ1) is 12.8. The maximum atomic E-state index is 11.8. The van der Waals surface area contributed by atoms with Crippen LogP contribution < -0.4 is 11.1 Å². The molecule has 1 saturated carbocycles. The Hall–Kier alpha value is -1.30. The van der Waals surface area contributed by atoms with E-state index in [4.69, 9.17) is 15.7 Å². The van der Waals surface area contributed by atoms with E-state index in [9.17, 15) is 4.79 Å². The number of amidine groups is 1. The third-order valence-corrected chi connectivity index (χ3v) is 2.78. The molecular formula is C10H19N3O3. The summed E-state index contributed by atoms with van der Waals surface area (Å²) in [7, 11) is 0. The van der Waals surface area contributed by atoms with Crippen molar-refractivity contribution in [1.82, 2.24) is 5.32 Å². The summed E-state index contributed by atoms with van der Waals surface area (Å²) in [6, 6.07) is 0. The monoisotopic (exact) mass is 229 g/mol. The van der Waals surface area contributed by atoms with Gasteiger partial charge in [0, 0.05) is 13.2 Å². The van der Waals surface area contributed by atoms with E-state index in [0.717, 1.165) is 0 Å². The van der Waals surface area contributed by atoms with Crippen LogP contribution in [-0.4, -0.2) is 36.2 Å². The van der Waals surface area contributed by atoms with Gasteiger partial charge in [0.05, 0.1) is 6.10 Å². The standard InChI is InChI=1S/C10H19N3O3/c1-3-16-7(2)6-12-9(14)10(4-5-10)8(11)13-15/h7,15H,3-6H2,1-2H3,(H2,11,13)(H,12,14). The number of nitrogens with one attached hydrogen (secondary N) is 1. The molecule has 0 saturated heterocycles. The number of carbonyl (C=O) groups is 1. The highest BCUT2D eigenvalue weighted by atomic mass is 16.5. The topological polar surface area (TPSA) is 96.9 Å². The molecule has 1 amide bonds. The molecule has 0 aromatic carbocycles. The van der Waals surface area contributed by atoms with Crippen LogP contribution in [0, 0.1) is 5.41 Å². The van der Waals surface area contributed by atoms with Crippen LogP contribution in [0.5, 0.6) is 0 Å². The Morgan fingerprint density at radius 3 is 2.75 bits per heavy atom. The minimum atomic E-state index is -0.777. The Kier molecular flexibility index (Phi) is 4.12. The number of nitrogens with two attached hydrogens (primary N) is 1. The first-order valence-corrected chi connectivity index (χ1v) is 5.44. The second-order valence-corrected chi connectivity index (χ2v) is 4.04. The van der Waals surface area contributed by atoms with Gasteiger partial charge in [-0.1, -0.05) is 5.16 Å². The molecule has 0 aliphatic heterocycles. The average molecular weight is 229 g/mol. The van der Waals surface area contributed by atoms with Crippen LogP contribution in [0.25, 0.3) is 0 Å². The first-order chi connectivity index (χ1) is 7.56. The number of hydrogen-bond acceptors (Lipinski definition) is 4. The maximum Gasteiger partial charge on any atom is 0.234 e. The Bertz CT molecular complexity index is 287. The van der Waals surface area contributed by atoms with Gasteiger partial charge < -0.3 is 21.0 Å². The van der Waals surface area contributed by atoms with Crippen LogP contribution in [0.15, 0.2) is 5.16 Å². The van der Waals surface area contributed by atoms with Crippen LogP contribution in [0.4, 0.5) is 0 Å². The minimum absolute atomic E-state index is 0.00550. The van der Waals surface area contributed by atoms with E-state index in [0.29, 0.717) is 26.0 Å². The zero-order valence-corrected chi connectivity index (χ0v) is 9.69. The largest absolute Gasteiger partial charge is 0.409 e. The molecule has 1 aliphatic carbocycles. The van der Waals surface area contributed by atoms with Gasteiger partial charge in [0.25, 0.3) is 0 Å². The fraction of sp³-hybridized carbons (Fsp3) is 0.800. The summed E-state index contributed by atoms with van der Waals surface area (Å²) in [6.45, 7) is 4.83. The van der Waals surface area contributed by atoms with Crippen molar-refractivity contribution in [3.63, 3.8) is 0 Å². The van der Waals surface area contributed by atoms with Gasteiger partial charge in [-0.05, 0) is 26.7 Å². The van der Waals surface area contributed by atoms with E-state index >= 15 is 0 Å². The van der Waals surface area contributed by atoms with Gasteiger partial charge in [0.2, 0.25) is 5.91 Å². The highest BCUT2D eigenvalue weighted by molar-refractivity contribution is 6.09. The van der Waals surface area contributed by atoms with Gasteiger partial charge in [0.1, 0.15) is 5.41 Å². The van der Waals surface area contributed by atoms with Crippen LogP contribution in [0.2, 0.25) is 0 Å². The lowest BCUT2D eigenvalue weighted by Gasteiger charge is -2.16. The van der Waals surface area contributed by atoms with Crippen molar-refractivity contribution in [2.75, 3.05) is 13.2 Å². The van der Waals surface area contributed by atoms with Crippen LogP contribution in [-0.2, 0) is 9.53 Å². The van der Waals surface area contributed by atoms with E-state index < -0.39 is 5.41 Å². The van der Waals surface area contributed by atoms with Gasteiger partial charge in [0.15, 0.2) is 5.84 Å². The maximum absolute atomic E-state index is 11.8. The zero-order chi connectivity index (χ0) is 12.2. The summed E-state index contributed by atoms with van der Waals surface area (Å²) in [4.78, 5) is 11.8. The lowest BCUT2D eigenvalue weighted by atomic mass is 10.1. The van der Waals surface area contributed by atoms with Gasteiger partial charge in [-0.3, -0.25) is 4.79 Å². The predicted molar refractivity (Wildman–Crippen MR) is 59.2 cm³/mol. The number of rotatable bonds is 6. The molecule has 0 aromatic heterocycles. The number of nitrogens with zero attached hydrogens (tertiary/aromatic N) is 1. The van der Waals surface area contributed by atoms with E-state index in [1.165, 1.54) is 0 Å². The third-order valence-electron chi connectivity index (χ3n) is 2.78. The molecule has 0 spiro atoms. The SMILES string of the molecule is CCOC(C)CNC(=O)C1(C(N)=NO)CC1. The molecule has 92 valence electrons. The number of amides is 1. The normalized spacial score (nSPS) is 20.2. The van der Waals surface area contributed by atoms with Crippen molar-refractivity contribution in [3.05, 3.63) is 0 Å². The second-order valence-electron chi connectivity index (χ2n) is 4.04. The van der Waals surface area contributed by atoms with Crippen molar-refractivity contribution in [3.8, 4) is 0 Å². The number of oxime groups is 1. The van der Waals surface area contributed by atoms with Crippen LogP contribution in [0.3, 0.4) is 0 Å². The minimum Gasteiger partial charge on any atom is -0.409 e. The molecule has 1 rings (SSSR count). The van der Waals surface area contributed by atoms with Crippen LogP contribution >= 0.6 is 0 Å². The summed E-state index contributed by atoms with van der Waals surface area (Å²) in [6.07, 6.45) is 1.24. The fourth-order valence-electron chi connectivity index (χ4n) is 1.57. The molecule has 4 N–H and O–H groups in total. The molecular weight excluding hydrogens is 210 g/mol. The highest BCUT2D eigenvalue weighted by Gasteiger charge is 2.54. The summed E-state index contributed by atoms with van der Waals surface area (Å²) >= 11 is 0. The summed E-state index contributed by atoms with van der Waals surface area (Å²) in [5.41, 5.74) is 4.71. The molecule has 16 heavy (non-hydrogen) atoms. The van der Waals surface area contributed by atoms with Crippen molar-refractivity contribution >= 4 is 11.7 Å². The Labute approximate surface area is 94.8 Å². The van der Waals surface area contributed by atoms with Crippen molar-refractivity contribution in [1.29, 1.82) is 0 Å². The van der Waals surface area contributed by atoms with Crippen LogP contribution in [0.1, 0.15) is 26.7 Å². The number of carbonyl (C=O) groups excluding carboxylic acids is 1. The molecule has 0 bridgehead atoms. The molecule has 1 unspecified atom stereocenters. The Morgan fingerprint density at radius 2 is 2.31 bits per heavy atom. The smallest absolute Gasteiger partial charge is 0.234 e. The quantitative estimate of drug-likeness (QED) is 0.259. The first-order valence-electron chi connectivity index (χ1n) is 5.44. The number of hydrogen-bond donors (Lipinski definition) is 3. The lowest BCUT2D eigenvalue weighted by Crippen LogP contribution is -2.43. The molecule has 0 heterocycles. The van der Waals surface area contributed by atoms with Crippen molar-refractivity contribution in [2.24, 2.45) is 16.3 Å². The molecule has 1 atom stereocenters. The number of ether oxygens (including phenoxy) is 1.